The summed E-state index contributed by atoms with van der Waals surface area (Å²) < 4.78 is 21.2. The summed E-state index contributed by atoms with van der Waals surface area (Å²) in [5, 5.41) is 0. The van der Waals surface area contributed by atoms with Gasteiger partial charge < -0.3 is 4.52 Å². The Morgan fingerprint density at radius 3 is 2.36 bits per heavy atom. The van der Waals surface area contributed by atoms with Crippen molar-refractivity contribution in [2.75, 3.05) is 19.3 Å². The van der Waals surface area contributed by atoms with Gasteiger partial charge in [-0.2, -0.15) is 5.48 Å². The predicted octanol–water partition coefficient (Wildman–Crippen LogP) is 1.78. The van der Waals surface area contributed by atoms with Gasteiger partial charge in [0.05, 0.1) is 6.61 Å². The van der Waals surface area contributed by atoms with Crippen LogP contribution in [0.15, 0.2) is 0 Å². The first-order chi connectivity index (χ1) is 5.18. The average molecular weight is 181 g/mol. The minimum absolute atomic E-state index is 0.397. The molecule has 0 aliphatic rings. The Morgan fingerprint density at radius 2 is 2.00 bits per heavy atom. The predicted molar refractivity (Wildman–Crippen MR) is 44.5 cm³/mol. The molecule has 0 saturated carbocycles. The van der Waals surface area contributed by atoms with E-state index in [9.17, 15) is 4.57 Å². The van der Waals surface area contributed by atoms with Gasteiger partial charge in [-0.1, -0.05) is 13.8 Å². The first-order valence-electron chi connectivity index (χ1n) is 3.83. The van der Waals surface area contributed by atoms with Crippen LogP contribution in [0.1, 0.15) is 20.8 Å². The second-order valence-corrected chi connectivity index (χ2v) is 4.23. The topological polar surface area (TPSA) is 47.6 Å². The van der Waals surface area contributed by atoms with Crippen LogP contribution in [0.25, 0.3) is 0 Å². The summed E-state index contributed by atoms with van der Waals surface area (Å²) in [5.74, 6) is 0. The van der Waals surface area contributed by atoms with E-state index in [1.165, 1.54) is 0 Å². The molecule has 0 aromatic rings. The van der Waals surface area contributed by atoms with Crippen LogP contribution >= 0.6 is 7.60 Å². The Balaban J connectivity index is 3.79. The van der Waals surface area contributed by atoms with Gasteiger partial charge in [-0.3, -0.25) is 4.57 Å². The van der Waals surface area contributed by atoms with E-state index >= 15 is 0 Å². The SMILES string of the molecule is CCNOP(=O)(CC)OCC. The highest BCUT2D eigenvalue weighted by Gasteiger charge is 2.20. The fraction of sp³-hybridized carbons (Fsp3) is 1.00. The minimum Gasteiger partial charge on any atom is -0.308 e. The molecule has 0 saturated heterocycles. The smallest absolute Gasteiger partial charge is 0.308 e. The van der Waals surface area contributed by atoms with Gasteiger partial charge >= 0.3 is 7.60 Å². The molecule has 0 aromatic heterocycles. The summed E-state index contributed by atoms with van der Waals surface area (Å²) in [5.41, 5.74) is 2.54. The molecule has 11 heavy (non-hydrogen) atoms. The van der Waals surface area contributed by atoms with E-state index in [4.69, 9.17) is 9.15 Å². The van der Waals surface area contributed by atoms with Gasteiger partial charge in [0.2, 0.25) is 0 Å². The Kier molecular flexibility index (Phi) is 5.78. The van der Waals surface area contributed by atoms with Crippen LogP contribution in [-0.2, 0) is 13.7 Å². The summed E-state index contributed by atoms with van der Waals surface area (Å²) in [7, 11) is -2.83. The maximum absolute atomic E-state index is 11.4. The second kappa shape index (κ2) is 5.72. The van der Waals surface area contributed by atoms with Crippen LogP contribution in [0, 0.1) is 0 Å². The van der Waals surface area contributed by atoms with Gasteiger partial charge in [-0.25, -0.2) is 4.62 Å². The summed E-state index contributed by atoms with van der Waals surface area (Å²) in [6.45, 7) is 6.46. The molecule has 0 aliphatic carbocycles. The number of hydroxylamine groups is 1. The Morgan fingerprint density at radius 1 is 1.36 bits per heavy atom. The van der Waals surface area contributed by atoms with E-state index < -0.39 is 7.60 Å². The summed E-state index contributed by atoms with van der Waals surface area (Å²) in [6, 6.07) is 0. The summed E-state index contributed by atoms with van der Waals surface area (Å²) >= 11 is 0. The van der Waals surface area contributed by atoms with E-state index in [0.717, 1.165) is 0 Å². The third-order valence-electron chi connectivity index (χ3n) is 1.06. The van der Waals surface area contributed by atoms with E-state index in [-0.39, 0.29) is 0 Å². The first kappa shape index (κ1) is 11.1. The Bertz CT molecular complexity index is 140. The van der Waals surface area contributed by atoms with Crippen molar-refractivity contribution in [1.82, 2.24) is 5.48 Å². The van der Waals surface area contributed by atoms with Crippen LogP contribution in [0.5, 0.6) is 0 Å². The molecule has 4 nitrogen and oxygen atoms in total. The van der Waals surface area contributed by atoms with Crippen molar-refractivity contribution < 1.29 is 13.7 Å². The zero-order valence-corrected chi connectivity index (χ0v) is 8.19. The number of hydrogen-bond donors (Lipinski definition) is 1. The molecule has 0 fully saturated rings. The quantitative estimate of drug-likeness (QED) is 0.501. The van der Waals surface area contributed by atoms with Crippen LogP contribution in [-0.4, -0.2) is 19.3 Å². The van der Waals surface area contributed by atoms with Crippen molar-refractivity contribution in [1.29, 1.82) is 0 Å². The molecule has 0 rings (SSSR count). The first-order valence-corrected chi connectivity index (χ1v) is 5.56. The number of rotatable bonds is 6. The maximum Gasteiger partial charge on any atom is 0.346 e. The van der Waals surface area contributed by atoms with Gasteiger partial charge in [0, 0.05) is 12.7 Å². The van der Waals surface area contributed by atoms with Crippen LogP contribution in [0.4, 0.5) is 0 Å². The third kappa shape index (κ3) is 4.53. The molecule has 1 N–H and O–H groups in total. The molecule has 0 amide bonds. The zero-order valence-electron chi connectivity index (χ0n) is 7.29. The van der Waals surface area contributed by atoms with Gasteiger partial charge in [0.15, 0.2) is 0 Å². The molecule has 5 heteroatoms. The minimum atomic E-state index is -2.83. The number of nitrogens with one attached hydrogen (secondary N) is 1. The second-order valence-electron chi connectivity index (χ2n) is 1.93. The highest BCUT2D eigenvalue weighted by Crippen LogP contribution is 2.46. The molecule has 0 aromatic carbocycles. The molecular weight excluding hydrogens is 165 g/mol. The van der Waals surface area contributed by atoms with Crippen LogP contribution < -0.4 is 5.48 Å². The molecule has 68 valence electrons. The van der Waals surface area contributed by atoms with Crippen LogP contribution in [0.3, 0.4) is 0 Å². The fourth-order valence-corrected chi connectivity index (χ4v) is 1.63. The van der Waals surface area contributed by atoms with Crippen molar-refractivity contribution in [3.8, 4) is 0 Å². The van der Waals surface area contributed by atoms with Gasteiger partial charge in [0.1, 0.15) is 0 Å². The van der Waals surface area contributed by atoms with Crippen molar-refractivity contribution >= 4 is 7.60 Å². The molecular formula is C6H16NO3P. The number of hydrogen-bond acceptors (Lipinski definition) is 4. The fourth-order valence-electron chi connectivity index (χ4n) is 0.542. The molecule has 1 unspecified atom stereocenters. The Hall–Kier alpha value is 0.110. The van der Waals surface area contributed by atoms with Gasteiger partial charge in [-0.15, -0.1) is 0 Å². The van der Waals surface area contributed by atoms with E-state index in [0.29, 0.717) is 19.3 Å². The largest absolute Gasteiger partial charge is 0.346 e. The normalized spacial score (nSPS) is 16.3. The van der Waals surface area contributed by atoms with Crippen molar-refractivity contribution in [2.45, 2.75) is 20.8 Å². The van der Waals surface area contributed by atoms with Crippen molar-refractivity contribution in [3.05, 3.63) is 0 Å². The summed E-state index contributed by atoms with van der Waals surface area (Å²) in [4.78, 5) is 0. The van der Waals surface area contributed by atoms with E-state index in [1.54, 1.807) is 13.8 Å². The summed E-state index contributed by atoms with van der Waals surface area (Å²) in [6.07, 6.45) is 0.397. The Labute approximate surface area is 67.8 Å². The monoisotopic (exact) mass is 181 g/mol. The lowest BCUT2D eigenvalue weighted by Crippen LogP contribution is -2.13. The molecule has 0 heterocycles. The average Bonchev–Trinajstić information content (AvgIpc) is 2.02. The van der Waals surface area contributed by atoms with Crippen molar-refractivity contribution in [2.24, 2.45) is 0 Å². The lowest BCUT2D eigenvalue weighted by molar-refractivity contribution is 0.147. The van der Waals surface area contributed by atoms with Gasteiger partial charge in [-0.05, 0) is 6.92 Å². The standard InChI is InChI=1S/C6H16NO3P/c1-4-7-10-11(8,6-3)9-5-2/h7H,4-6H2,1-3H3. The van der Waals surface area contributed by atoms with Gasteiger partial charge in [0.25, 0.3) is 0 Å². The molecule has 0 radical (unpaired) electrons. The van der Waals surface area contributed by atoms with Crippen LogP contribution in [0.2, 0.25) is 0 Å². The van der Waals surface area contributed by atoms with Crippen molar-refractivity contribution in [3.63, 3.8) is 0 Å². The van der Waals surface area contributed by atoms with E-state index in [2.05, 4.69) is 5.48 Å². The molecule has 0 bridgehead atoms. The third-order valence-corrected chi connectivity index (χ3v) is 2.89. The maximum atomic E-state index is 11.4. The zero-order chi connectivity index (χ0) is 8.74. The molecule has 0 spiro atoms. The molecule has 1 atom stereocenters. The lowest BCUT2D eigenvalue weighted by Gasteiger charge is -2.14. The molecule has 0 aliphatic heterocycles. The highest BCUT2D eigenvalue weighted by molar-refractivity contribution is 7.53. The lowest BCUT2D eigenvalue weighted by atomic mass is 10.8. The highest BCUT2D eigenvalue weighted by atomic mass is 31.2. The van der Waals surface area contributed by atoms with E-state index in [1.807, 2.05) is 6.92 Å².